The van der Waals surface area contributed by atoms with Gasteiger partial charge in [0.25, 0.3) is 5.91 Å². The van der Waals surface area contributed by atoms with Gasteiger partial charge in [0.2, 0.25) is 0 Å². The summed E-state index contributed by atoms with van der Waals surface area (Å²) in [6.45, 7) is 12.0. The fraction of sp³-hybridized carbons (Fsp3) is 0.323. The average Bonchev–Trinajstić information content (AvgIpc) is 3.17. The van der Waals surface area contributed by atoms with E-state index in [9.17, 15) is 9.18 Å². The first kappa shape index (κ1) is 25.0. The summed E-state index contributed by atoms with van der Waals surface area (Å²) < 4.78 is 15.8. The Morgan fingerprint density at radius 3 is 2.30 bits per heavy atom. The van der Waals surface area contributed by atoms with Crippen molar-refractivity contribution in [3.05, 3.63) is 100 Å². The van der Waals surface area contributed by atoms with E-state index in [2.05, 4.69) is 65.9 Å². The van der Waals surface area contributed by atoms with Crippen LogP contribution in [0.1, 0.15) is 39.7 Å². The molecule has 0 aliphatic carbocycles. The second-order valence-corrected chi connectivity index (χ2v) is 9.91. The van der Waals surface area contributed by atoms with Crippen LogP contribution in [-0.4, -0.2) is 53.0 Å². The topological polar surface area (TPSA) is 40.5 Å². The number of carbonyl (C=O) groups is 1. The van der Waals surface area contributed by atoms with E-state index in [0.717, 1.165) is 61.4 Å². The van der Waals surface area contributed by atoms with Gasteiger partial charge < -0.3 is 19.7 Å². The molecule has 0 unspecified atom stereocenters. The Bertz CT molecular complexity index is 1390. The molecule has 1 aromatic heterocycles. The first-order valence-electron chi connectivity index (χ1n) is 13.1. The number of nitrogens with zero attached hydrogens (tertiary/aromatic N) is 3. The number of benzene rings is 3. The maximum Gasteiger partial charge on any atom is 0.254 e. The minimum Gasteiger partial charge on any atom is -0.379 e. The summed E-state index contributed by atoms with van der Waals surface area (Å²) >= 11 is 0. The number of carbonyl (C=O) groups excluding carboxylic acids is 1. The lowest BCUT2D eigenvalue weighted by molar-refractivity contribution is 0.0643. The highest BCUT2D eigenvalue weighted by Gasteiger charge is 2.24. The second-order valence-electron chi connectivity index (χ2n) is 9.91. The number of anilines is 1. The van der Waals surface area contributed by atoms with Gasteiger partial charge in [-0.3, -0.25) is 4.79 Å². The molecule has 3 aromatic carbocycles. The van der Waals surface area contributed by atoms with Gasteiger partial charge in [-0.15, -0.1) is 0 Å². The third-order valence-electron chi connectivity index (χ3n) is 7.66. The number of hydrogen-bond acceptors (Lipinski definition) is 3. The second kappa shape index (κ2) is 10.8. The zero-order valence-corrected chi connectivity index (χ0v) is 21.9. The Morgan fingerprint density at radius 1 is 0.919 bits per heavy atom. The first-order chi connectivity index (χ1) is 17.9. The lowest BCUT2D eigenvalue weighted by Crippen LogP contribution is -2.48. The van der Waals surface area contributed by atoms with Crippen molar-refractivity contribution in [2.24, 2.45) is 0 Å². The van der Waals surface area contributed by atoms with E-state index < -0.39 is 0 Å². The van der Waals surface area contributed by atoms with Crippen LogP contribution in [0.4, 0.5) is 10.1 Å². The molecule has 1 amide bonds. The summed E-state index contributed by atoms with van der Waals surface area (Å²) in [5, 5.41) is 4.67. The van der Waals surface area contributed by atoms with E-state index in [1.54, 1.807) is 12.1 Å². The molecule has 1 N–H and O–H groups in total. The molecule has 1 fully saturated rings. The van der Waals surface area contributed by atoms with E-state index in [-0.39, 0.29) is 11.7 Å². The fourth-order valence-corrected chi connectivity index (χ4v) is 5.25. The number of rotatable bonds is 7. The van der Waals surface area contributed by atoms with Gasteiger partial charge in [-0.05, 0) is 61.3 Å². The zero-order valence-electron chi connectivity index (χ0n) is 21.9. The van der Waals surface area contributed by atoms with E-state index in [1.807, 2.05) is 17.0 Å². The number of likely N-dealkylation sites (N-methyl/N-ethyl adjacent to an activating group) is 1. The van der Waals surface area contributed by atoms with Gasteiger partial charge in [0.15, 0.2) is 0 Å². The standard InChI is InChI=1S/C31H35FN4O/c1-4-34-14-16-35(17-15-34)31(37)26-18-28-22(2)23(3)36(21-25-8-6-5-7-9-25)30(28)29(19-26)33-20-24-10-12-27(32)13-11-24/h5-13,18-19,33H,4,14-17,20-21H2,1-3H3. The number of hydrogen-bond donors (Lipinski definition) is 1. The molecule has 0 saturated carbocycles. The smallest absolute Gasteiger partial charge is 0.254 e. The van der Waals surface area contributed by atoms with Crippen molar-refractivity contribution in [1.29, 1.82) is 0 Å². The minimum absolute atomic E-state index is 0.0790. The van der Waals surface area contributed by atoms with E-state index >= 15 is 0 Å². The van der Waals surface area contributed by atoms with E-state index in [1.165, 1.54) is 29.0 Å². The molecule has 6 heteroatoms. The maximum atomic E-state index is 13.6. The van der Waals surface area contributed by atoms with Gasteiger partial charge in [-0.1, -0.05) is 49.4 Å². The zero-order chi connectivity index (χ0) is 25.9. The molecule has 1 saturated heterocycles. The van der Waals surface area contributed by atoms with Crippen LogP contribution in [0.2, 0.25) is 0 Å². The van der Waals surface area contributed by atoms with Crippen LogP contribution in [0.3, 0.4) is 0 Å². The van der Waals surface area contributed by atoms with Crippen molar-refractivity contribution >= 4 is 22.5 Å². The number of nitrogens with one attached hydrogen (secondary N) is 1. The summed E-state index contributed by atoms with van der Waals surface area (Å²) in [6, 6.07) is 21.0. The Hall–Kier alpha value is -3.64. The summed E-state index contributed by atoms with van der Waals surface area (Å²) in [5.74, 6) is -0.166. The lowest BCUT2D eigenvalue weighted by atomic mass is 10.1. The molecule has 0 spiro atoms. The highest BCUT2D eigenvalue weighted by Crippen LogP contribution is 2.34. The number of aromatic nitrogens is 1. The van der Waals surface area contributed by atoms with Crippen molar-refractivity contribution in [3.8, 4) is 0 Å². The molecule has 0 atom stereocenters. The Balaban J connectivity index is 1.55. The number of amides is 1. The Morgan fingerprint density at radius 2 is 1.62 bits per heavy atom. The quantitative estimate of drug-likeness (QED) is 0.348. The van der Waals surface area contributed by atoms with E-state index in [4.69, 9.17) is 0 Å². The molecule has 1 aliphatic rings. The van der Waals surface area contributed by atoms with Crippen LogP contribution in [0.5, 0.6) is 0 Å². The number of halogens is 1. The number of aryl methyl sites for hydroxylation is 1. The minimum atomic E-state index is -0.245. The fourth-order valence-electron chi connectivity index (χ4n) is 5.25. The normalized spacial score (nSPS) is 14.3. The van der Waals surface area contributed by atoms with Gasteiger partial charge in [0, 0.05) is 55.9 Å². The number of fused-ring (bicyclic) bond motifs is 1. The Labute approximate surface area is 218 Å². The van der Waals surface area contributed by atoms with Gasteiger partial charge in [-0.25, -0.2) is 4.39 Å². The van der Waals surface area contributed by atoms with Gasteiger partial charge in [-0.2, -0.15) is 0 Å². The molecule has 2 heterocycles. The summed E-state index contributed by atoms with van der Waals surface area (Å²) in [6.07, 6.45) is 0. The molecular formula is C31H35FN4O. The highest BCUT2D eigenvalue weighted by atomic mass is 19.1. The monoisotopic (exact) mass is 498 g/mol. The molecule has 4 aromatic rings. The first-order valence-corrected chi connectivity index (χ1v) is 13.1. The van der Waals surface area contributed by atoms with Crippen LogP contribution in [-0.2, 0) is 13.1 Å². The van der Waals surface area contributed by atoms with Gasteiger partial charge in [0.1, 0.15) is 5.82 Å². The predicted octanol–water partition coefficient (Wildman–Crippen LogP) is 5.84. The molecular weight excluding hydrogens is 463 g/mol. The lowest BCUT2D eigenvalue weighted by Gasteiger charge is -2.34. The number of piperazine rings is 1. The summed E-state index contributed by atoms with van der Waals surface area (Å²) in [4.78, 5) is 18.0. The van der Waals surface area contributed by atoms with Crippen molar-refractivity contribution < 1.29 is 9.18 Å². The van der Waals surface area contributed by atoms with Crippen molar-refractivity contribution in [1.82, 2.24) is 14.4 Å². The molecule has 5 nitrogen and oxygen atoms in total. The van der Waals surface area contributed by atoms with Gasteiger partial charge in [0.05, 0.1) is 11.2 Å². The van der Waals surface area contributed by atoms with Crippen molar-refractivity contribution in [2.45, 2.75) is 33.9 Å². The third kappa shape index (κ3) is 5.25. The molecule has 37 heavy (non-hydrogen) atoms. The van der Waals surface area contributed by atoms with Crippen LogP contribution >= 0.6 is 0 Å². The SMILES string of the molecule is CCN1CCN(C(=O)c2cc(NCc3ccc(F)cc3)c3c(c2)c(C)c(C)n3Cc2ccccc2)CC1. The summed E-state index contributed by atoms with van der Waals surface area (Å²) in [7, 11) is 0. The van der Waals surface area contributed by atoms with Crippen LogP contribution < -0.4 is 5.32 Å². The third-order valence-corrected chi connectivity index (χ3v) is 7.66. The molecule has 5 rings (SSSR count). The largest absolute Gasteiger partial charge is 0.379 e. The van der Waals surface area contributed by atoms with E-state index in [0.29, 0.717) is 12.1 Å². The molecule has 192 valence electrons. The molecule has 1 aliphatic heterocycles. The molecule has 0 bridgehead atoms. The van der Waals surface area contributed by atoms with Crippen molar-refractivity contribution in [2.75, 3.05) is 38.0 Å². The predicted molar refractivity (Wildman–Crippen MR) is 149 cm³/mol. The summed E-state index contributed by atoms with van der Waals surface area (Å²) in [5.41, 5.74) is 7.29. The Kier molecular flexibility index (Phi) is 7.28. The van der Waals surface area contributed by atoms with Crippen molar-refractivity contribution in [3.63, 3.8) is 0 Å². The maximum absolute atomic E-state index is 13.6. The van der Waals surface area contributed by atoms with Crippen LogP contribution in [0, 0.1) is 19.7 Å². The van der Waals surface area contributed by atoms with Gasteiger partial charge >= 0.3 is 0 Å². The average molecular weight is 499 g/mol. The molecule has 0 radical (unpaired) electrons. The van der Waals surface area contributed by atoms with Crippen LogP contribution in [0.15, 0.2) is 66.7 Å². The highest BCUT2D eigenvalue weighted by molar-refractivity contribution is 6.04. The van der Waals surface area contributed by atoms with Crippen LogP contribution in [0.25, 0.3) is 10.9 Å².